The molecule has 0 atom stereocenters. The molecule has 3 N–H and O–H groups in total. The number of nitrogens with one attached hydrogen (secondary N) is 1. The number of nitrogens with zero attached hydrogens (tertiary/aromatic N) is 5. The van der Waals surface area contributed by atoms with Crippen LogP contribution in [0.5, 0.6) is 0 Å². The first-order valence-corrected chi connectivity index (χ1v) is 10.2. The molecule has 158 valence electrons. The van der Waals surface area contributed by atoms with Crippen molar-refractivity contribution < 1.29 is 4.39 Å². The number of pyridine rings is 1. The van der Waals surface area contributed by atoms with Crippen molar-refractivity contribution in [2.75, 3.05) is 11.1 Å². The highest BCUT2D eigenvalue weighted by atomic mass is 35.5. The molecule has 0 aliphatic carbocycles. The Bertz CT molecular complexity index is 1400. The van der Waals surface area contributed by atoms with E-state index in [1.165, 1.54) is 6.07 Å². The summed E-state index contributed by atoms with van der Waals surface area (Å²) in [5.41, 5.74) is 8.97. The molecule has 0 saturated heterocycles. The van der Waals surface area contributed by atoms with Crippen LogP contribution >= 0.6 is 11.6 Å². The second-order valence-electron chi connectivity index (χ2n) is 7.02. The van der Waals surface area contributed by atoms with Crippen LogP contribution in [0.1, 0.15) is 5.69 Å². The van der Waals surface area contributed by atoms with Gasteiger partial charge in [0, 0.05) is 16.8 Å². The summed E-state index contributed by atoms with van der Waals surface area (Å²) in [5.74, 6) is 0.181. The summed E-state index contributed by atoms with van der Waals surface area (Å²) in [6, 6.07) is 19.1. The van der Waals surface area contributed by atoms with Crippen LogP contribution in [0.15, 0.2) is 72.9 Å². The van der Waals surface area contributed by atoms with Crippen LogP contribution in [0.4, 0.5) is 16.2 Å². The first-order valence-electron chi connectivity index (χ1n) is 9.81. The molecule has 0 radical (unpaired) electrons. The molecule has 7 nitrogen and oxygen atoms in total. The molecular weight excluding hydrogens is 429 g/mol. The number of nitrogens with two attached hydrogens (primary N) is 1. The van der Waals surface area contributed by atoms with Crippen molar-refractivity contribution in [2.24, 2.45) is 0 Å². The smallest absolute Gasteiger partial charge is 0.225 e. The Morgan fingerprint density at radius 2 is 1.75 bits per heavy atom. The highest BCUT2D eigenvalue weighted by Gasteiger charge is 2.21. The van der Waals surface area contributed by atoms with Crippen LogP contribution in [-0.2, 0) is 6.54 Å². The van der Waals surface area contributed by atoms with Gasteiger partial charge in [0.1, 0.15) is 11.6 Å². The second-order valence-corrected chi connectivity index (χ2v) is 7.46. The molecule has 3 heterocycles. The lowest BCUT2D eigenvalue weighted by molar-refractivity contribution is 0.631. The number of halogens is 2. The van der Waals surface area contributed by atoms with Crippen molar-refractivity contribution in [3.05, 3.63) is 89.5 Å². The second kappa shape index (κ2) is 8.24. The lowest BCUT2D eigenvalue weighted by atomic mass is 10.1. The fourth-order valence-corrected chi connectivity index (χ4v) is 3.52. The molecule has 9 heteroatoms. The number of aromatic nitrogens is 5. The molecule has 0 spiro atoms. The van der Waals surface area contributed by atoms with Gasteiger partial charge in [-0.25, -0.2) is 14.1 Å². The highest BCUT2D eigenvalue weighted by Crippen LogP contribution is 2.34. The van der Waals surface area contributed by atoms with Gasteiger partial charge in [-0.3, -0.25) is 4.98 Å². The van der Waals surface area contributed by atoms with Crippen LogP contribution in [0, 0.1) is 5.82 Å². The SMILES string of the molecule is Nc1c2c(-c3ccccc3F)nc(NCc3ccccn3)nc2nn1-c1ccc(Cl)cc1. The number of rotatable bonds is 5. The maximum absolute atomic E-state index is 14.7. The van der Waals surface area contributed by atoms with E-state index in [1.54, 1.807) is 53.3 Å². The first-order chi connectivity index (χ1) is 15.6. The molecule has 0 bridgehead atoms. The fraction of sp³-hybridized carbons (Fsp3) is 0.0435. The molecular formula is C23H17ClFN7. The number of hydrogen-bond acceptors (Lipinski definition) is 6. The molecule has 32 heavy (non-hydrogen) atoms. The van der Waals surface area contributed by atoms with Crippen molar-refractivity contribution in [3.63, 3.8) is 0 Å². The van der Waals surface area contributed by atoms with E-state index in [0.29, 0.717) is 51.3 Å². The maximum Gasteiger partial charge on any atom is 0.225 e. The predicted molar refractivity (Wildman–Crippen MR) is 123 cm³/mol. The molecule has 0 saturated carbocycles. The number of anilines is 2. The van der Waals surface area contributed by atoms with E-state index in [0.717, 1.165) is 5.69 Å². The third-order valence-electron chi connectivity index (χ3n) is 4.92. The fourth-order valence-electron chi connectivity index (χ4n) is 3.39. The number of hydrogen-bond donors (Lipinski definition) is 2. The lowest BCUT2D eigenvalue weighted by Gasteiger charge is -2.09. The van der Waals surface area contributed by atoms with Crippen molar-refractivity contribution in [3.8, 4) is 16.9 Å². The largest absolute Gasteiger partial charge is 0.383 e. The Morgan fingerprint density at radius 3 is 2.50 bits per heavy atom. The van der Waals surface area contributed by atoms with Gasteiger partial charge >= 0.3 is 0 Å². The van der Waals surface area contributed by atoms with E-state index >= 15 is 0 Å². The van der Waals surface area contributed by atoms with Crippen LogP contribution in [0.25, 0.3) is 28.0 Å². The van der Waals surface area contributed by atoms with Gasteiger partial charge in [-0.2, -0.15) is 4.98 Å². The van der Waals surface area contributed by atoms with Gasteiger partial charge in [0.2, 0.25) is 5.95 Å². The number of benzene rings is 2. The van der Waals surface area contributed by atoms with Crippen molar-refractivity contribution in [1.82, 2.24) is 24.7 Å². The maximum atomic E-state index is 14.7. The monoisotopic (exact) mass is 445 g/mol. The zero-order chi connectivity index (χ0) is 22.1. The van der Waals surface area contributed by atoms with Crippen LogP contribution in [-0.4, -0.2) is 24.7 Å². The summed E-state index contributed by atoms with van der Waals surface area (Å²) in [4.78, 5) is 13.4. The van der Waals surface area contributed by atoms with E-state index in [4.69, 9.17) is 17.3 Å². The van der Waals surface area contributed by atoms with Crippen molar-refractivity contribution in [1.29, 1.82) is 0 Å². The van der Waals surface area contributed by atoms with Crippen LogP contribution < -0.4 is 11.1 Å². The van der Waals surface area contributed by atoms with E-state index in [2.05, 4.69) is 25.4 Å². The molecule has 5 aromatic rings. The average Bonchev–Trinajstić information content (AvgIpc) is 3.15. The third-order valence-corrected chi connectivity index (χ3v) is 5.17. The van der Waals surface area contributed by atoms with E-state index < -0.39 is 5.82 Å². The average molecular weight is 446 g/mol. The normalized spacial score (nSPS) is 11.1. The molecule has 2 aromatic carbocycles. The molecule has 0 amide bonds. The Hall–Kier alpha value is -4.04. The first kappa shape index (κ1) is 19.9. The van der Waals surface area contributed by atoms with Gasteiger partial charge in [-0.1, -0.05) is 29.8 Å². The Kier molecular flexibility index (Phi) is 5.12. The molecule has 5 rings (SSSR count). The summed E-state index contributed by atoms with van der Waals surface area (Å²) in [5, 5.41) is 8.77. The third kappa shape index (κ3) is 3.72. The van der Waals surface area contributed by atoms with E-state index in [9.17, 15) is 4.39 Å². The van der Waals surface area contributed by atoms with Gasteiger partial charge in [0.05, 0.1) is 29.0 Å². The minimum atomic E-state index is -0.415. The predicted octanol–water partition coefficient (Wildman–Crippen LogP) is 4.86. The number of nitrogen functional groups attached to an aromatic ring is 1. The Labute approximate surface area is 187 Å². The summed E-state index contributed by atoms with van der Waals surface area (Å²) >= 11 is 6.01. The van der Waals surface area contributed by atoms with Crippen molar-refractivity contribution in [2.45, 2.75) is 6.54 Å². The molecule has 3 aromatic heterocycles. The van der Waals surface area contributed by atoms with Crippen LogP contribution in [0.3, 0.4) is 0 Å². The zero-order valence-corrected chi connectivity index (χ0v) is 17.5. The number of fused-ring (bicyclic) bond motifs is 1. The Morgan fingerprint density at radius 1 is 0.969 bits per heavy atom. The van der Waals surface area contributed by atoms with Gasteiger partial charge < -0.3 is 11.1 Å². The highest BCUT2D eigenvalue weighted by molar-refractivity contribution is 6.30. The van der Waals surface area contributed by atoms with Crippen LogP contribution in [0.2, 0.25) is 5.02 Å². The molecule has 0 fully saturated rings. The van der Waals surface area contributed by atoms with E-state index in [1.807, 2.05) is 18.2 Å². The quantitative estimate of drug-likeness (QED) is 0.401. The van der Waals surface area contributed by atoms with Gasteiger partial charge in [-0.05, 0) is 48.5 Å². The summed E-state index contributed by atoms with van der Waals surface area (Å²) in [6.07, 6.45) is 1.71. The minimum absolute atomic E-state index is 0.294. The van der Waals surface area contributed by atoms with Gasteiger partial charge in [0.15, 0.2) is 5.65 Å². The topological polar surface area (TPSA) is 94.5 Å². The lowest BCUT2D eigenvalue weighted by Crippen LogP contribution is -2.06. The summed E-state index contributed by atoms with van der Waals surface area (Å²) < 4.78 is 16.3. The summed E-state index contributed by atoms with van der Waals surface area (Å²) in [7, 11) is 0. The minimum Gasteiger partial charge on any atom is -0.383 e. The zero-order valence-electron chi connectivity index (χ0n) is 16.7. The van der Waals surface area contributed by atoms with Gasteiger partial charge in [-0.15, -0.1) is 5.10 Å². The standard InChI is InChI=1S/C23H17ClFN7/c24-14-8-10-16(11-9-14)32-21(26)19-20(17-6-1-2-7-18(17)25)29-23(30-22(19)31-32)28-13-15-5-3-4-12-27-15/h1-12H,13,26H2,(H,28,30,31). The molecule has 0 unspecified atom stereocenters. The van der Waals surface area contributed by atoms with Crippen molar-refractivity contribution >= 4 is 34.4 Å². The summed E-state index contributed by atoms with van der Waals surface area (Å²) in [6.45, 7) is 0.399. The van der Waals surface area contributed by atoms with E-state index in [-0.39, 0.29) is 0 Å². The van der Waals surface area contributed by atoms with Gasteiger partial charge in [0.25, 0.3) is 0 Å². The Balaban J connectivity index is 1.66. The molecule has 0 aliphatic rings. The molecule has 0 aliphatic heterocycles.